The van der Waals surface area contributed by atoms with E-state index < -0.39 is 17.6 Å². The van der Waals surface area contributed by atoms with Crippen LogP contribution in [0.5, 0.6) is 0 Å². The van der Waals surface area contributed by atoms with E-state index in [1.165, 1.54) is 12.0 Å². The van der Waals surface area contributed by atoms with Crippen LogP contribution in [0.3, 0.4) is 0 Å². The van der Waals surface area contributed by atoms with Crippen molar-refractivity contribution in [3.8, 4) is 11.1 Å². The quantitative estimate of drug-likeness (QED) is 0.511. The minimum Gasteiger partial charge on any atom is -0.399 e. The number of hydrogen-bond donors (Lipinski definition) is 2. The van der Waals surface area contributed by atoms with Gasteiger partial charge in [-0.25, -0.2) is 0 Å². The second-order valence-electron chi connectivity index (χ2n) is 8.83. The van der Waals surface area contributed by atoms with Crippen LogP contribution < -0.4 is 5.73 Å². The molecule has 3 N–H and O–H groups in total. The lowest BCUT2D eigenvalue weighted by molar-refractivity contribution is -0.129. The Labute approximate surface area is 204 Å². The van der Waals surface area contributed by atoms with Gasteiger partial charge in [0.25, 0.3) is 5.91 Å². The highest BCUT2D eigenvalue weighted by atomic mass is 16.6. The molecule has 1 heterocycles. The van der Waals surface area contributed by atoms with Crippen molar-refractivity contribution in [2.45, 2.75) is 31.4 Å². The summed E-state index contributed by atoms with van der Waals surface area (Å²) >= 11 is 0. The van der Waals surface area contributed by atoms with E-state index in [2.05, 4.69) is 5.16 Å². The molecule has 35 heavy (non-hydrogen) atoms. The predicted octanol–water partition coefficient (Wildman–Crippen LogP) is 3.86. The Morgan fingerprint density at radius 3 is 2.34 bits per heavy atom. The fraction of sp³-hybridized carbons (Fsp3) is 0.250. The summed E-state index contributed by atoms with van der Waals surface area (Å²) in [6, 6.07) is 24.3. The standard InChI is InChI=1S/C28H29N3O4/c1-19-8-6-7-11-24(19)20-12-14-22(15-13-20)26(33)31-18-23(30-35-2)16-28(31,27(29)34)17-25(32)21-9-4-3-5-10-21/h3-15,25,32H,16-18H2,1-2H3,(H2,29,34)/t25-,28?/m1/s1. The molecule has 0 saturated carbocycles. The van der Waals surface area contributed by atoms with Crippen molar-refractivity contribution >= 4 is 17.5 Å². The first-order valence-corrected chi connectivity index (χ1v) is 11.5. The summed E-state index contributed by atoms with van der Waals surface area (Å²) < 4.78 is 0. The molecule has 0 aromatic heterocycles. The van der Waals surface area contributed by atoms with Crippen LogP contribution in [0.15, 0.2) is 84.0 Å². The fourth-order valence-electron chi connectivity index (χ4n) is 4.74. The van der Waals surface area contributed by atoms with Gasteiger partial charge in [0.2, 0.25) is 5.91 Å². The number of amides is 2. The maximum atomic E-state index is 13.7. The van der Waals surface area contributed by atoms with Gasteiger partial charge in [0.1, 0.15) is 12.6 Å². The minimum atomic E-state index is -1.45. The van der Waals surface area contributed by atoms with E-state index in [1.807, 2.05) is 49.4 Å². The Bertz CT molecular complexity index is 1240. The van der Waals surface area contributed by atoms with Crippen LogP contribution in [0.1, 0.15) is 40.4 Å². The molecule has 0 aliphatic carbocycles. The molecule has 1 unspecified atom stereocenters. The lowest BCUT2D eigenvalue weighted by Crippen LogP contribution is -2.56. The molecule has 4 rings (SSSR count). The van der Waals surface area contributed by atoms with Crippen molar-refractivity contribution in [2.75, 3.05) is 13.7 Å². The molecule has 3 aromatic carbocycles. The molecular weight excluding hydrogens is 442 g/mol. The molecule has 7 nitrogen and oxygen atoms in total. The normalized spacial score (nSPS) is 19.5. The number of carbonyl (C=O) groups excluding carboxylic acids is 2. The smallest absolute Gasteiger partial charge is 0.255 e. The number of nitrogens with zero attached hydrogens (tertiary/aromatic N) is 2. The van der Waals surface area contributed by atoms with Gasteiger partial charge in [-0.15, -0.1) is 0 Å². The van der Waals surface area contributed by atoms with Crippen LogP contribution in [-0.4, -0.2) is 46.7 Å². The van der Waals surface area contributed by atoms with E-state index in [0.29, 0.717) is 16.8 Å². The molecule has 1 saturated heterocycles. The molecule has 2 atom stereocenters. The Kier molecular flexibility index (Phi) is 6.98. The van der Waals surface area contributed by atoms with Gasteiger partial charge in [0, 0.05) is 18.4 Å². The van der Waals surface area contributed by atoms with Gasteiger partial charge in [0.05, 0.1) is 18.4 Å². The van der Waals surface area contributed by atoms with Crippen LogP contribution in [0.4, 0.5) is 0 Å². The Hall–Kier alpha value is -3.97. The first-order valence-electron chi connectivity index (χ1n) is 11.5. The molecule has 0 radical (unpaired) electrons. The third-order valence-corrected chi connectivity index (χ3v) is 6.58. The Balaban J connectivity index is 1.68. The summed E-state index contributed by atoms with van der Waals surface area (Å²) in [6.45, 7) is 2.12. The highest BCUT2D eigenvalue weighted by Gasteiger charge is 2.52. The number of aryl methyl sites for hydroxylation is 1. The Morgan fingerprint density at radius 1 is 1.06 bits per heavy atom. The predicted molar refractivity (Wildman–Crippen MR) is 135 cm³/mol. The first kappa shape index (κ1) is 24.2. The number of aliphatic hydroxyl groups is 1. The van der Waals surface area contributed by atoms with E-state index >= 15 is 0 Å². The average molecular weight is 472 g/mol. The third-order valence-electron chi connectivity index (χ3n) is 6.58. The van der Waals surface area contributed by atoms with Gasteiger partial charge in [-0.2, -0.15) is 0 Å². The number of nitrogens with two attached hydrogens (primary N) is 1. The lowest BCUT2D eigenvalue weighted by atomic mass is 9.85. The summed E-state index contributed by atoms with van der Waals surface area (Å²) in [7, 11) is 1.41. The van der Waals surface area contributed by atoms with Crippen LogP contribution >= 0.6 is 0 Å². The molecule has 180 valence electrons. The van der Waals surface area contributed by atoms with Crippen LogP contribution in [0.25, 0.3) is 11.1 Å². The van der Waals surface area contributed by atoms with Crippen LogP contribution in [-0.2, 0) is 9.63 Å². The number of oxime groups is 1. The number of benzene rings is 3. The van der Waals surface area contributed by atoms with E-state index in [0.717, 1.165) is 16.7 Å². The number of hydrogen-bond acceptors (Lipinski definition) is 5. The second kappa shape index (κ2) is 10.1. The van der Waals surface area contributed by atoms with Crippen molar-refractivity contribution in [2.24, 2.45) is 10.9 Å². The number of primary amides is 1. The van der Waals surface area contributed by atoms with Crippen molar-refractivity contribution in [3.05, 3.63) is 95.6 Å². The first-order chi connectivity index (χ1) is 16.9. The number of rotatable bonds is 7. The van der Waals surface area contributed by atoms with Crippen LogP contribution in [0.2, 0.25) is 0 Å². The van der Waals surface area contributed by atoms with Crippen molar-refractivity contribution in [3.63, 3.8) is 0 Å². The summed E-state index contributed by atoms with van der Waals surface area (Å²) in [5.74, 6) is -1.06. The topological polar surface area (TPSA) is 105 Å². The molecule has 1 fully saturated rings. The summed E-state index contributed by atoms with van der Waals surface area (Å²) in [6.07, 6.45) is -0.959. The molecular formula is C28H29N3O4. The van der Waals surface area contributed by atoms with Gasteiger partial charge in [-0.3, -0.25) is 9.59 Å². The summed E-state index contributed by atoms with van der Waals surface area (Å²) in [5, 5.41) is 15.0. The zero-order chi connectivity index (χ0) is 25.0. The SMILES string of the molecule is CON=C1CN(C(=O)c2ccc(-c3ccccc3C)cc2)C(C[C@@H](O)c2ccccc2)(C(N)=O)C1. The summed E-state index contributed by atoms with van der Waals surface area (Å²) in [5.41, 5.74) is 9.23. The van der Waals surface area contributed by atoms with E-state index in [4.69, 9.17) is 10.6 Å². The van der Waals surface area contributed by atoms with E-state index in [-0.39, 0.29) is 25.3 Å². The molecule has 1 aliphatic rings. The number of likely N-dealkylation sites (tertiary alicyclic amines) is 1. The van der Waals surface area contributed by atoms with Crippen molar-refractivity contribution < 1.29 is 19.5 Å². The monoisotopic (exact) mass is 471 g/mol. The highest BCUT2D eigenvalue weighted by Crippen LogP contribution is 2.37. The van der Waals surface area contributed by atoms with Crippen molar-refractivity contribution in [1.82, 2.24) is 4.90 Å². The Morgan fingerprint density at radius 2 is 1.71 bits per heavy atom. The largest absolute Gasteiger partial charge is 0.399 e. The van der Waals surface area contributed by atoms with Gasteiger partial charge in [0.15, 0.2) is 0 Å². The molecule has 0 bridgehead atoms. The zero-order valence-electron chi connectivity index (χ0n) is 19.8. The zero-order valence-corrected chi connectivity index (χ0v) is 19.8. The molecule has 1 aliphatic heterocycles. The molecule has 0 spiro atoms. The molecule has 2 amide bonds. The lowest BCUT2D eigenvalue weighted by Gasteiger charge is -2.36. The minimum absolute atomic E-state index is 0.0535. The highest BCUT2D eigenvalue weighted by molar-refractivity contribution is 6.07. The maximum absolute atomic E-state index is 13.7. The molecule has 7 heteroatoms. The van der Waals surface area contributed by atoms with Gasteiger partial charge < -0.3 is 20.6 Å². The van der Waals surface area contributed by atoms with E-state index in [9.17, 15) is 14.7 Å². The fourth-order valence-corrected chi connectivity index (χ4v) is 4.74. The van der Waals surface area contributed by atoms with E-state index in [1.54, 1.807) is 36.4 Å². The average Bonchev–Trinajstić information content (AvgIpc) is 3.24. The van der Waals surface area contributed by atoms with Crippen molar-refractivity contribution in [1.29, 1.82) is 0 Å². The van der Waals surface area contributed by atoms with Gasteiger partial charge >= 0.3 is 0 Å². The van der Waals surface area contributed by atoms with Gasteiger partial charge in [-0.05, 0) is 41.3 Å². The number of carbonyl (C=O) groups is 2. The third kappa shape index (κ3) is 4.81. The van der Waals surface area contributed by atoms with Gasteiger partial charge in [-0.1, -0.05) is 71.9 Å². The second-order valence-corrected chi connectivity index (χ2v) is 8.83. The molecule has 3 aromatic rings. The summed E-state index contributed by atoms with van der Waals surface area (Å²) in [4.78, 5) is 32.9. The maximum Gasteiger partial charge on any atom is 0.255 e. The van der Waals surface area contributed by atoms with Crippen LogP contribution in [0, 0.1) is 6.92 Å². The number of aliphatic hydroxyl groups excluding tert-OH is 1.